The summed E-state index contributed by atoms with van der Waals surface area (Å²) in [7, 11) is 0. The topological polar surface area (TPSA) is 104 Å². The molecule has 2 N–H and O–H groups in total. The van der Waals surface area contributed by atoms with Crippen LogP contribution in [0.15, 0.2) is 12.3 Å². The summed E-state index contributed by atoms with van der Waals surface area (Å²) in [6.45, 7) is 1.81. The molecule has 7 nitrogen and oxygen atoms in total. The van der Waals surface area contributed by atoms with E-state index in [0.717, 1.165) is 25.9 Å². The van der Waals surface area contributed by atoms with Crippen molar-refractivity contribution >= 4 is 11.5 Å². The Morgan fingerprint density at radius 3 is 3.11 bits per heavy atom. The van der Waals surface area contributed by atoms with Crippen LogP contribution in [0.5, 0.6) is 0 Å². The van der Waals surface area contributed by atoms with Crippen molar-refractivity contribution in [2.75, 3.05) is 18.4 Å². The number of hydrogen-bond donors (Lipinski definition) is 2. The fourth-order valence-electron chi connectivity index (χ4n) is 1.92. The SMILES string of the molecule is N#Cc1cc([N+](=O)[O-])cnc1NC1CCCNC1. The molecular formula is C11H13N5O2. The lowest BCUT2D eigenvalue weighted by Gasteiger charge is -2.24. The molecule has 1 aliphatic rings. The third-order valence-corrected chi connectivity index (χ3v) is 2.84. The van der Waals surface area contributed by atoms with Gasteiger partial charge in [-0.2, -0.15) is 5.26 Å². The minimum atomic E-state index is -0.556. The van der Waals surface area contributed by atoms with E-state index in [1.54, 1.807) is 0 Å². The van der Waals surface area contributed by atoms with Gasteiger partial charge in [0.25, 0.3) is 5.69 Å². The highest BCUT2D eigenvalue weighted by atomic mass is 16.6. The number of piperidine rings is 1. The highest BCUT2D eigenvalue weighted by molar-refractivity contribution is 5.56. The van der Waals surface area contributed by atoms with Crippen molar-refractivity contribution in [1.82, 2.24) is 10.3 Å². The molecule has 0 bridgehead atoms. The number of hydrogen-bond acceptors (Lipinski definition) is 6. The van der Waals surface area contributed by atoms with Gasteiger partial charge in [-0.1, -0.05) is 0 Å². The minimum absolute atomic E-state index is 0.168. The molecule has 1 atom stereocenters. The maximum absolute atomic E-state index is 10.6. The third-order valence-electron chi connectivity index (χ3n) is 2.84. The van der Waals surface area contributed by atoms with E-state index in [-0.39, 0.29) is 17.3 Å². The van der Waals surface area contributed by atoms with E-state index >= 15 is 0 Å². The smallest absolute Gasteiger partial charge is 0.289 e. The van der Waals surface area contributed by atoms with Gasteiger partial charge in [0.2, 0.25) is 0 Å². The van der Waals surface area contributed by atoms with Gasteiger partial charge >= 0.3 is 0 Å². The molecule has 1 unspecified atom stereocenters. The summed E-state index contributed by atoms with van der Waals surface area (Å²) in [6, 6.07) is 3.38. The molecule has 18 heavy (non-hydrogen) atoms. The number of nitro groups is 1. The molecule has 2 heterocycles. The molecule has 0 aromatic carbocycles. The molecule has 1 saturated heterocycles. The Labute approximate surface area is 104 Å². The Bertz CT molecular complexity index is 491. The van der Waals surface area contributed by atoms with Crippen molar-refractivity contribution < 1.29 is 4.92 Å². The molecule has 0 spiro atoms. The molecule has 7 heteroatoms. The van der Waals surface area contributed by atoms with Gasteiger partial charge in [-0.05, 0) is 19.4 Å². The standard InChI is InChI=1S/C11H13N5O2/c12-5-8-4-10(16(17)18)7-14-11(8)15-9-2-1-3-13-6-9/h4,7,9,13H,1-3,6H2,(H,14,15). The average molecular weight is 247 g/mol. The Morgan fingerprint density at radius 2 is 2.50 bits per heavy atom. The fraction of sp³-hybridized carbons (Fsp3) is 0.455. The van der Waals surface area contributed by atoms with Crippen LogP contribution in [0.4, 0.5) is 11.5 Å². The second kappa shape index (κ2) is 5.42. The van der Waals surface area contributed by atoms with Crippen LogP contribution in [0.3, 0.4) is 0 Å². The van der Waals surface area contributed by atoms with Gasteiger partial charge in [0, 0.05) is 18.7 Å². The van der Waals surface area contributed by atoms with Crippen LogP contribution in [0.2, 0.25) is 0 Å². The first-order valence-electron chi connectivity index (χ1n) is 5.72. The lowest BCUT2D eigenvalue weighted by Crippen LogP contribution is -2.38. The second-order valence-corrected chi connectivity index (χ2v) is 4.15. The maximum Gasteiger partial charge on any atom is 0.289 e. The van der Waals surface area contributed by atoms with Crippen molar-refractivity contribution in [2.45, 2.75) is 18.9 Å². The number of nitrogens with zero attached hydrogens (tertiary/aromatic N) is 3. The van der Waals surface area contributed by atoms with Gasteiger partial charge in [0.1, 0.15) is 23.6 Å². The van der Waals surface area contributed by atoms with Crippen molar-refractivity contribution in [3.05, 3.63) is 27.9 Å². The van der Waals surface area contributed by atoms with Gasteiger partial charge in [0.05, 0.1) is 4.92 Å². The van der Waals surface area contributed by atoms with Crippen LogP contribution < -0.4 is 10.6 Å². The number of rotatable bonds is 3. The summed E-state index contributed by atoms with van der Waals surface area (Å²) in [5, 5.41) is 26.0. The molecule has 1 aromatic rings. The highest BCUT2D eigenvalue weighted by Crippen LogP contribution is 2.19. The van der Waals surface area contributed by atoms with Crippen LogP contribution in [0, 0.1) is 21.4 Å². The molecule has 0 saturated carbocycles. The molecule has 1 aromatic heterocycles. The van der Waals surface area contributed by atoms with Crippen LogP contribution in [-0.4, -0.2) is 29.0 Å². The van der Waals surface area contributed by atoms with Crippen LogP contribution >= 0.6 is 0 Å². The van der Waals surface area contributed by atoms with Crippen molar-refractivity contribution in [3.8, 4) is 6.07 Å². The number of aromatic nitrogens is 1. The zero-order chi connectivity index (χ0) is 13.0. The van der Waals surface area contributed by atoms with E-state index in [0.29, 0.717) is 5.82 Å². The lowest BCUT2D eigenvalue weighted by atomic mass is 10.1. The van der Waals surface area contributed by atoms with Crippen LogP contribution in [0.25, 0.3) is 0 Å². The van der Waals surface area contributed by atoms with Gasteiger partial charge in [-0.15, -0.1) is 0 Å². The summed E-state index contributed by atoms with van der Waals surface area (Å²) in [6.07, 6.45) is 3.22. The lowest BCUT2D eigenvalue weighted by molar-refractivity contribution is -0.385. The largest absolute Gasteiger partial charge is 0.365 e. The van der Waals surface area contributed by atoms with Crippen molar-refractivity contribution in [1.29, 1.82) is 5.26 Å². The minimum Gasteiger partial charge on any atom is -0.365 e. The summed E-state index contributed by atoms with van der Waals surface area (Å²) in [4.78, 5) is 14.0. The molecule has 0 amide bonds. The Balaban J connectivity index is 2.17. The third kappa shape index (κ3) is 2.73. The van der Waals surface area contributed by atoms with Gasteiger partial charge in [-0.25, -0.2) is 4.98 Å². The summed E-state index contributed by atoms with van der Waals surface area (Å²) in [5.74, 6) is 0.414. The molecular weight excluding hydrogens is 234 g/mol. The number of nitriles is 1. The van der Waals surface area contributed by atoms with E-state index in [9.17, 15) is 10.1 Å². The fourth-order valence-corrected chi connectivity index (χ4v) is 1.92. The summed E-state index contributed by atoms with van der Waals surface area (Å²) < 4.78 is 0. The maximum atomic E-state index is 10.6. The second-order valence-electron chi connectivity index (χ2n) is 4.15. The average Bonchev–Trinajstić information content (AvgIpc) is 2.40. The predicted octanol–water partition coefficient (Wildman–Crippen LogP) is 1.03. The van der Waals surface area contributed by atoms with Crippen molar-refractivity contribution in [3.63, 3.8) is 0 Å². The normalized spacial score (nSPS) is 18.9. The Morgan fingerprint density at radius 1 is 1.67 bits per heavy atom. The van der Waals surface area contributed by atoms with Crippen molar-refractivity contribution in [2.24, 2.45) is 0 Å². The molecule has 94 valence electrons. The molecule has 0 aliphatic carbocycles. The number of nitrogens with one attached hydrogen (secondary N) is 2. The molecule has 1 fully saturated rings. The van der Waals surface area contributed by atoms with Crippen LogP contribution in [0.1, 0.15) is 18.4 Å². The van der Waals surface area contributed by atoms with E-state index in [1.165, 1.54) is 12.3 Å². The first-order valence-corrected chi connectivity index (χ1v) is 5.72. The Hall–Kier alpha value is -2.20. The summed E-state index contributed by atoms with van der Waals surface area (Å²) in [5.41, 5.74) is 0.0358. The van der Waals surface area contributed by atoms with E-state index in [4.69, 9.17) is 5.26 Å². The van der Waals surface area contributed by atoms with E-state index in [2.05, 4.69) is 15.6 Å². The zero-order valence-electron chi connectivity index (χ0n) is 9.72. The van der Waals surface area contributed by atoms with Gasteiger partial charge < -0.3 is 10.6 Å². The zero-order valence-corrected chi connectivity index (χ0v) is 9.72. The monoisotopic (exact) mass is 247 g/mol. The first-order chi connectivity index (χ1) is 8.70. The van der Waals surface area contributed by atoms with E-state index in [1.807, 2.05) is 6.07 Å². The number of pyridine rings is 1. The van der Waals surface area contributed by atoms with Gasteiger partial charge in [0.15, 0.2) is 0 Å². The molecule has 1 aliphatic heterocycles. The van der Waals surface area contributed by atoms with E-state index < -0.39 is 4.92 Å². The quantitative estimate of drug-likeness (QED) is 0.610. The van der Waals surface area contributed by atoms with Crippen LogP contribution in [-0.2, 0) is 0 Å². The number of anilines is 1. The highest BCUT2D eigenvalue weighted by Gasteiger charge is 2.17. The molecule has 2 rings (SSSR count). The predicted molar refractivity (Wildman–Crippen MR) is 65.1 cm³/mol. The van der Waals surface area contributed by atoms with Gasteiger partial charge in [-0.3, -0.25) is 10.1 Å². The molecule has 0 radical (unpaired) electrons. The summed E-state index contributed by atoms with van der Waals surface area (Å²) >= 11 is 0. The Kier molecular flexibility index (Phi) is 3.69. The first kappa shape index (κ1) is 12.3.